The van der Waals surface area contributed by atoms with Gasteiger partial charge in [-0.1, -0.05) is 60.4 Å². The fourth-order valence-electron chi connectivity index (χ4n) is 4.30. The number of hydrogen-bond donors (Lipinski definition) is 0. The predicted molar refractivity (Wildman–Crippen MR) is 198 cm³/mol. The van der Waals surface area contributed by atoms with Crippen LogP contribution in [0.5, 0.6) is 0 Å². The van der Waals surface area contributed by atoms with Crippen LogP contribution in [0.3, 0.4) is 0 Å². The van der Waals surface area contributed by atoms with Crippen LogP contribution >= 0.6 is 11.8 Å². The van der Waals surface area contributed by atoms with Crippen molar-refractivity contribution in [3.05, 3.63) is 135 Å². The molecule has 1 aliphatic heterocycles. The average Bonchev–Trinajstić information content (AvgIpc) is 0.659. The van der Waals surface area contributed by atoms with E-state index in [-0.39, 0.29) is 4.57 Å². The lowest BCUT2D eigenvalue weighted by Gasteiger charge is -2.39. The molecule has 1 aromatic heterocycles. The van der Waals surface area contributed by atoms with Crippen LogP contribution in [-0.2, 0) is 34.5 Å². The van der Waals surface area contributed by atoms with Gasteiger partial charge in [0.05, 0.1) is 51.5 Å². The van der Waals surface area contributed by atoms with Crippen molar-refractivity contribution in [3.63, 3.8) is 0 Å². The van der Waals surface area contributed by atoms with Crippen LogP contribution in [-0.4, -0.2) is 59.4 Å². The van der Waals surface area contributed by atoms with Crippen molar-refractivity contribution in [1.29, 1.82) is 0 Å². The average molecular weight is 783 g/mol. The summed E-state index contributed by atoms with van der Waals surface area (Å²) in [5, 5.41) is -2.92. The lowest BCUT2D eigenvalue weighted by atomic mass is 9.98. The molecule has 0 radical (unpaired) electrons. The summed E-state index contributed by atoms with van der Waals surface area (Å²) in [5.74, 6) is -7.31. The van der Waals surface area contributed by atoms with Crippen LogP contribution in [0, 0.1) is 18.6 Å². The highest BCUT2D eigenvalue weighted by Crippen LogP contribution is 2.34. The van der Waals surface area contributed by atoms with Gasteiger partial charge in [-0.3, -0.25) is 9.59 Å². The number of nitrogens with zero attached hydrogens (tertiary/aromatic N) is 3. The van der Waals surface area contributed by atoms with Crippen molar-refractivity contribution in [1.82, 2.24) is 14.4 Å². The molecule has 1 fully saturated rings. The predicted octanol–water partition coefficient (Wildman–Crippen LogP) is 8.71. The first-order valence-corrected chi connectivity index (χ1v) is 15.1. The van der Waals surface area contributed by atoms with Crippen LogP contribution in [0.2, 0.25) is 0 Å². The minimum absolute atomic E-state index is 0.0873. The summed E-state index contributed by atoms with van der Waals surface area (Å²) in [6.07, 6.45) is -15.6. The molecule has 1 aliphatic rings. The van der Waals surface area contributed by atoms with Crippen molar-refractivity contribution in [2.24, 2.45) is 0 Å². The molecule has 278 valence electrons. The molecule has 4 aromatic carbocycles. The molecule has 6 nitrogen and oxygen atoms in total. The fourth-order valence-corrected chi connectivity index (χ4v) is 5.05. The Morgan fingerprint density at radius 3 is 2.51 bits per heavy atom. The lowest BCUT2D eigenvalue weighted by Crippen LogP contribution is -2.48. The molecule has 0 spiro atoms. The highest BCUT2D eigenvalue weighted by Gasteiger charge is 2.32. The molecule has 0 atom stereocenters. The maximum atomic E-state index is 15.9. The topological polar surface area (TPSA) is 54.8 Å². The van der Waals surface area contributed by atoms with Gasteiger partial charge in [0.2, 0.25) is 5.91 Å². The van der Waals surface area contributed by atoms with Gasteiger partial charge < -0.3 is 19.1 Å². The molecule has 0 unspecified atom stereocenters. The van der Waals surface area contributed by atoms with Gasteiger partial charge in [-0.05, 0) is 66.1 Å². The van der Waals surface area contributed by atoms with Gasteiger partial charge in [-0.2, -0.15) is 13.2 Å². The second-order valence-electron chi connectivity index (χ2n) is 10.1. The van der Waals surface area contributed by atoms with E-state index in [0.29, 0.717) is 6.92 Å². The third-order valence-electron chi connectivity index (χ3n) is 6.67. The van der Waals surface area contributed by atoms with Gasteiger partial charge in [0.25, 0.3) is 0 Å². The molecular weight excluding hydrogens is 710 g/mol. The van der Waals surface area contributed by atoms with E-state index in [2.05, 4.69) is 4.74 Å². The third kappa shape index (κ3) is 9.00. The molecule has 5 aromatic rings. The number of para-hydroxylation sites is 1. The monoisotopic (exact) mass is 782 g/mol. The minimum Gasteiger partial charge on any atom is -0.383 e. The minimum atomic E-state index is -5.44. The molecule has 6 rings (SSSR count). The van der Waals surface area contributed by atoms with Gasteiger partial charge in [-0.25, -0.2) is 8.78 Å². The summed E-state index contributed by atoms with van der Waals surface area (Å²) in [4.78, 5) is 27.9. The summed E-state index contributed by atoms with van der Waals surface area (Å²) in [6.45, 7) is -22.4. The normalized spacial score (nSPS) is 28.6. The number of pyridine rings is 1. The highest BCUT2D eigenvalue weighted by atomic mass is 32.2. The Balaban J connectivity index is 1.83. The van der Waals surface area contributed by atoms with Crippen molar-refractivity contribution in [3.8, 4) is 11.1 Å². The quantitative estimate of drug-likeness (QED) is 0.0937. The smallest absolute Gasteiger partial charge is 0.383 e. The molecule has 0 N–H and O–H groups in total. The number of piperidine rings is 1. The number of thioether (sulfide) groups is 1. The summed E-state index contributed by atoms with van der Waals surface area (Å²) >= 11 is -0.738. The lowest BCUT2D eigenvalue weighted by molar-refractivity contribution is -0.138. The van der Waals surface area contributed by atoms with E-state index in [1.807, 2.05) is 0 Å². The van der Waals surface area contributed by atoms with Crippen LogP contribution in [0.25, 0.3) is 22.0 Å². The van der Waals surface area contributed by atoms with Crippen molar-refractivity contribution in [2.45, 2.75) is 55.6 Å². The van der Waals surface area contributed by atoms with E-state index in [9.17, 15) is 27.6 Å². The number of alkyl halides is 3. The Labute approximate surface area is 355 Å². The number of likely N-dealkylation sites (tertiary alicyclic amines) is 1. The Kier molecular flexibility index (Phi) is 4.59. The summed E-state index contributed by atoms with van der Waals surface area (Å²) < 4.78 is 365. The van der Waals surface area contributed by atoms with Crippen LogP contribution in [0.4, 0.5) is 22.0 Å². The number of hydrogen-bond acceptors (Lipinski definition) is 5. The first-order valence-electron chi connectivity index (χ1n) is 30.8. The van der Waals surface area contributed by atoms with E-state index in [4.69, 9.17) is 35.6 Å². The molecule has 12 heteroatoms. The third-order valence-corrected chi connectivity index (χ3v) is 7.49. The molecule has 53 heavy (non-hydrogen) atoms. The van der Waals surface area contributed by atoms with Crippen LogP contribution < -0.4 is 5.43 Å². The Hall–Kier alpha value is -4.52. The second kappa shape index (κ2) is 16.7. The highest BCUT2D eigenvalue weighted by molar-refractivity contribution is 7.98. The van der Waals surface area contributed by atoms with Crippen molar-refractivity contribution < 1.29 is 76.7 Å². The van der Waals surface area contributed by atoms with Gasteiger partial charge in [0.15, 0.2) is 17.1 Å². The second-order valence-corrected chi connectivity index (χ2v) is 10.9. The molecule has 2 heterocycles. The first-order chi connectivity index (χ1) is 38.5. The van der Waals surface area contributed by atoms with E-state index in [1.165, 1.54) is 0 Å². The molecule has 0 saturated carbocycles. The fraction of sp³-hybridized carbons (Fsp3) is 0.317. The van der Waals surface area contributed by atoms with Crippen LogP contribution in [0.15, 0.2) is 100 Å². The molecule has 1 saturated heterocycles. The van der Waals surface area contributed by atoms with E-state index in [1.54, 1.807) is 0 Å². The van der Waals surface area contributed by atoms with Crippen molar-refractivity contribution >= 4 is 28.6 Å². The number of halogens is 5. The van der Waals surface area contributed by atoms with E-state index in [0.717, 1.165) is 0 Å². The van der Waals surface area contributed by atoms with Crippen molar-refractivity contribution in [2.75, 3.05) is 33.1 Å². The maximum absolute atomic E-state index is 15.9. The number of fused-ring (bicyclic) bond motifs is 1. The van der Waals surface area contributed by atoms with E-state index < -0.39 is 261 Å². The van der Waals surface area contributed by atoms with Gasteiger partial charge >= 0.3 is 6.18 Å². The Morgan fingerprint density at radius 2 is 1.77 bits per heavy atom. The van der Waals surface area contributed by atoms with Gasteiger partial charge in [0, 0.05) is 78.2 Å². The molecule has 1 amide bonds. The number of carbonyl (C=O) groups is 1. The summed E-state index contributed by atoms with van der Waals surface area (Å²) in [5.41, 5.74) is -16.7. The van der Waals surface area contributed by atoms with E-state index >= 15 is 13.6 Å². The first kappa shape index (κ1) is 14.6. The number of amides is 1. The number of ether oxygens (including phenoxy) is 1. The number of aromatic nitrogens is 1. The van der Waals surface area contributed by atoms with Crippen LogP contribution in [0.1, 0.15) is 80.2 Å². The molecule has 0 bridgehead atoms. The molecular formula is C41H40F5N3O3S. The maximum Gasteiger partial charge on any atom is 0.416 e. The number of benzene rings is 4. The number of methoxy groups -OCH3 is 1. The number of carbonyl (C=O) groups excluding carboxylic acids is 1. The largest absolute Gasteiger partial charge is 0.416 e. The zero-order valence-corrected chi connectivity index (χ0v) is 27.1. The standard InChI is InChI=1S/C41H40F5N3O3S/c1-27-22-30(14-15-34(27)41(44,45)46)29-12-10-28(11-13-29)24-48(32-16-18-47(19-17-32)20-21-52-2)38(51)25-49-36-9-4-3-7-33(36)37(50)23-39(49)53-26-31-6-5-8-35(42)40(31)43/h3-15,22-23,32H,16-21,24-26H2,1-2H3/i2D3,3D,4D,5D,6D,7D,8D,9D,10D,11D,12D,13D,14D,15D,16D2,17D2,18D2,19D2,20D2,22D,23D,24D2,26D2,32D. The zero-order chi connectivity index (χ0) is 66.7. The molecule has 0 aliphatic carbocycles. The SMILES string of the molecule is [2H]c1c([2H])c(F)c(F)c(C([2H])([2H])Sc2c([2H])c(=O)c3c([2H])c([2H])c([2H])c([2H])c3n2CC(=O)N(C([2H])([2H])c2c([2H])c([2H])c(-c3c([2H])c([2H])c(C(F)(F)F)c(C)c3[2H])c([2H])c2[2H])C2([2H])C([2H])([2H])C([2H])([2H])N(C([2H])([2H])COC([2H])([2H])[2H])C([2H])([2H])C2([2H])[2H])c1[2H]. The van der Waals surface area contributed by atoms with Gasteiger partial charge in [-0.15, -0.1) is 11.8 Å². The zero-order valence-electron chi connectivity index (χ0n) is 59.3. The Morgan fingerprint density at radius 1 is 1.04 bits per heavy atom. The summed E-state index contributed by atoms with van der Waals surface area (Å²) in [7, 11) is -3.63. The van der Waals surface area contributed by atoms with Gasteiger partial charge in [0.1, 0.15) is 6.54 Å². The summed E-state index contributed by atoms with van der Waals surface area (Å²) in [6, 6.07) is -29.2. The Bertz CT molecular complexity index is 3670. The number of rotatable bonds is 12.